The minimum absolute atomic E-state index is 0.223. The van der Waals surface area contributed by atoms with Crippen LogP contribution in [0.4, 0.5) is 0 Å². The number of nitrogens with zero attached hydrogens (tertiary/aromatic N) is 7. The normalized spacial score (nSPS) is 18.5. The Morgan fingerprint density at radius 3 is 2.62 bits per heavy atom. The van der Waals surface area contributed by atoms with Gasteiger partial charge in [-0.05, 0) is 18.7 Å². The largest absolute Gasteiger partial charge is 0.296 e. The first kappa shape index (κ1) is 18.0. The van der Waals surface area contributed by atoms with Crippen LogP contribution in [0.1, 0.15) is 17.3 Å². The van der Waals surface area contributed by atoms with Gasteiger partial charge >= 0.3 is 0 Å². The van der Waals surface area contributed by atoms with E-state index in [-0.39, 0.29) is 6.04 Å². The third-order valence-electron chi connectivity index (χ3n) is 5.76. The van der Waals surface area contributed by atoms with Gasteiger partial charge in [0.05, 0.1) is 17.8 Å². The summed E-state index contributed by atoms with van der Waals surface area (Å²) in [5.41, 5.74) is 5.69. The highest BCUT2D eigenvalue weighted by Gasteiger charge is 2.29. The molecule has 0 radical (unpaired) electrons. The van der Waals surface area contributed by atoms with Crippen molar-refractivity contribution in [2.75, 3.05) is 26.7 Å². The molecular weight excluding hydrogens is 362 g/mol. The van der Waals surface area contributed by atoms with Crippen molar-refractivity contribution in [3.05, 3.63) is 72.3 Å². The van der Waals surface area contributed by atoms with Crippen LogP contribution in [0, 0.1) is 0 Å². The summed E-state index contributed by atoms with van der Waals surface area (Å²) in [6.45, 7) is 3.89. The van der Waals surface area contributed by atoms with Gasteiger partial charge in [-0.3, -0.25) is 14.5 Å². The van der Waals surface area contributed by atoms with E-state index in [1.54, 1.807) is 0 Å². The molecule has 1 fully saturated rings. The molecule has 4 heterocycles. The van der Waals surface area contributed by atoms with Gasteiger partial charge in [-0.1, -0.05) is 41.6 Å². The van der Waals surface area contributed by atoms with Crippen molar-refractivity contribution in [3.8, 4) is 11.1 Å². The quantitative estimate of drug-likeness (QED) is 0.539. The molecule has 3 aromatic heterocycles. The van der Waals surface area contributed by atoms with Crippen molar-refractivity contribution in [2.24, 2.45) is 7.05 Å². The van der Waals surface area contributed by atoms with Gasteiger partial charge in [-0.2, -0.15) is 5.10 Å². The van der Waals surface area contributed by atoms with Gasteiger partial charge in [0.1, 0.15) is 5.69 Å². The van der Waals surface area contributed by atoms with E-state index in [4.69, 9.17) is 0 Å². The third kappa shape index (κ3) is 3.54. The van der Waals surface area contributed by atoms with E-state index in [0.717, 1.165) is 43.0 Å². The number of aryl methyl sites for hydroxylation is 1. The van der Waals surface area contributed by atoms with Gasteiger partial charge in [0, 0.05) is 56.7 Å². The van der Waals surface area contributed by atoms with E-state index in [1.807, 2.05) is 28.5 Å². The fourth-order valence-corrected chi connectivity index (χ4v) is 4.13. The average molecular weight is 387 g/mol. The van der Waals surface area contributed by atoms with E-state index < -0.39 is 0 Å². The van der Waals surface area contributed by atoms with Crippen LogP contribution in [0.3, 0.4) is 0 Å². The van der Waals surface area contributed by atoms with Crippen LogP contribution in [0.15, 0.2) is 61.1 Å². The molecule has 7 heteroatoms. The van der Waals surface area contributed by atoms with Gasteiger partial charge in [0.25, 0.3) is 0 Å². The molecule has 0 N–H and O–H groups in total. The first-order chi connectivity index (χ1) is 14.2. The van der Waals surface area contributed by atoms with Crippen molar-refractivity contribution in [2.45, 2.75) is 12.6 Å². The molecule has 5 rings (SSSR count). The molecule has 0 spiro atoms. The number of aromatic nitrogens is 5. The minimum atomic E-state index is 0.223. The highest BCUT2D eigenvalue weighted by atomic mass is 15.4. The van der Waals surface area contributed by atoms with Crippen LogP contribution < -0.4 is 0 Å². The number of benzene rings is 1. The van der Waals surface area contributed by atoms with Crippen molar-refractivity contribution >= 4 is 5.52 Å². The number of piperazine rings is 1. The summed E-state index contributed by atoms with van der Waals surface area (Å²) >= 11 is 0. The molecule has 29 heavy (non-hydrogen) atoms. The molecule has 7 nitrogen and oxygen atoms in total. The Morgan fingerprint density at radius 2 is 1.83 bits per heavy atom. The second-order valence-corrected chi connectivity index (χ2v) is 7.84. The molecule has 4 aromatic rings. The van der Waals surface area contributed by atoms with Crippen molar-refractivity contribution < 1.29 is 0 Å². The molecule has 1 atom stereocenters. The van der Waals surface area contributed by atoms with E-state index in [9.17, 15) is 0 Å². The summed E-state index contributed by atoms with van der Waals surface area (Å²) in [6, 6.07) is 14.9. The molecular formula is C22H25N7. The van der Waals surface area contributed by atoms with Crippen molar-refractivity contribution in [1.29, 1.82) is 0 Å². The van der Waals surface area contributed by atoms with Gasteiger partial charge in [-0.25, -0.2) is 4.52 Å². The Labute approximate surface area is 170 Å². The molecule has 1 aliphatic rings. The molecule has 1 aromatic carbocycles. The molecule has 148 valence electrons. The Hall–Kier alpha value is -3.03. The molecule has 0 saturated carbocycles. The number of hydrogen-bond acceptors (Lipinski definition) is 5. The Kier molecular flexibility index (Phi) is 4.61. The maximum atomic E-state index is 4.58. The SMILES string of the molecule is CN1CCN(Cc2cnn(C)c2)CC1c1nnn2cc(-c3ccccc3)ccc12. The standard InChI is InChI=1S/C22H25N7/c1-26-10-11-28(14-17-12-23-27(2)13-17)16-21(26)22-20-9-8-19(15-29(20)25-24-22)18-6-4-3-5-7-18/h3-9,12-13,15,21H,10-11,14,16H2,1-2H3. The van der Waals surface area contributed by atoms with Gasteiger partial charge in [0.15, 0.2) is 0 Å². The Morgan fingerprint density at radius 1 is 0.966 bits per heavy atom. The summed E-state index contributed by atoms with van der Waals surface area (Å²) in [5, 5.41) is 13.3. The summed E-state index contributed by atoms with van der Waals surface area (Å²) in [6.07, 6.45) is 6.11. The van der Waals surface area contributed by atoms with Crippen LogP contribution in [-0.2, 0) is 13.6 Å². The Balaban J connectivity index is 1.41. The number of hydrogen-bond donors (Lipinski definition) is 0. The van der Waals surface area contributed by atoms with Gasteiger partial charge < -0.3 is 0 Å². The van der Waals surface area contributed by atoms with Crippen LogP contribution in [0.5, 0.6) is 0 Å². The first-order valence-corrected chi connectivity index (χ1v) is 9.98. The van der Waals surface area contributed by atoms with Crippen LogP contribution >= 0.6 is 0 Å². The topological polar surface area (TPSA) is 54.5 Å². The predicted octanol–water partition coefficient (Wildman–Crippen LogP) is 2.62. The second-order valence-electron chi connectivity index (χ2n) is 7.84. The first-order valence-electron chi connectivity index (χ1n) is 9.98. The maximum Gasteiger partial charge on any atom is 0.109 e. The zero-order valence-electron chi connectivity index (χ0n) is 16.8. The average Bonchev–Trinajstić information content (AvgIpc) is 3.35. The number of pyridine rings is 1. The van der Waals surface area contributed by atoms with Crippen LogP contribution in [-0.4, -0.2) is 61.1 Å². The maximum absolute atomic E-state index is 4.58. The van der Waals surface area contributed by atoms with Crippen LogP contribution in [0.2, 0.25) is 0 Å². The van der Waals surface area contributed by atoms with E-state index in [2.05, 4.69) is 81.1 Å². The highest BCUT2D eigenvalue weighted by Crippen LogP contribution is 2.28. The second kappa shape index (κ2) is 7.42. The molecule has 0 amide bonds. The summed E-state index contributed by atoms with van der Waals surface area (Å²) in [4.78, 5) is 4.86. The summed E-state index contributed by atoms with van der Waals surface area (Å²) < 4.78 is 3.77. The van der Waals surface area contributed by atoms with Gasteiger partial charge in [-0.15, -0.1) is 5.10 Å². The zero-order valence-corrected chi connectivity index (χ0v) is 16.8. The molecule has 0 aliphatic carbocycles. The monoisotopic (exact) mass is 387 g/mol. The predicted molar refractivity (Wildman–Crippen MR) is 112 cm³/mol. The van der Waals surface area contributed by atoms with Gasteiger partial charge in [0.2, 0.25) is 0 Å². The number of rotatable bonds is 4. The molecule has 0 bridgehead atoms. The van der Waals surface area contributed by atoms with E-state index in [0.29, 0.717) is 0 Å². The van der Waals surface area contributed by atoms with Crippen molar-refractivity contribution in [3.63, 3.8) is 0 Å². The lowest BCUT2D eigenvalue weighted by Gasteiger charge is -2.38. The fraction of sp³-hybridized carbons (Fsp3) is 0.318. The summed E-state index contributed by atoms with van der Waals surface area (Å²) in [5.74, 6) is 0. The minimum Gasteiger partial charge on any atom is -0.296 e. The lowest BCUT2D eigenvalue weighted by molar-refractivity contribution is 0.0889. The lowest BCUT2D eigenvalue weighted by Crippen LogP contribution is -2.46. The zero-order chi connectivity index (χ0) is 19.8. The summed E-state index contributed by atoms with van der Waals surface area (Å²) in [7, 11) is 4.14. The molecule has 1 unspecified atom stereocenters. The van der Waals surface area contributed by atoms with E-state index >= 15 is 0 Å². The van der Waals surface area contributed by atoms with Crippen LogP contribution in [0.25, 0.3) is 16.6 Å². The Bertz CT molecular complexity index is 1110. The smallest absolute Gasteiger partial charge is 0.109 e. The van der Waals surface area contributed by atoms with E-state index in [1.165, 1.54) is 11.1 Å². The number of likely N-dealkylation sites (N-methyl/N-ethyl adjacent to an activating group) is 1. The number of fused-ring (bicyclic) bond motifs is 1. The molecule has 1 aliphatic heterocycles. The van der Waals surface area contributed by atoms with Crippen molar-refractivity contribution in [1.82, 2.24) is 34.4 Å². The molecule has 1 saturated heterocycles. The lowest BCUT2D eigenvalue weighted by atomic mass is 10.1. The highest BCUT2D eigenvalue weighted by molar-refractivity contribution is 5.66. The third-order valence-corrected chi connectivity index (χ3v) is 5.76. The fourth-order valence-electron chi connectivity index (χ4n) is 4.13.